The molecule has 0 saturated carbocycles. The maximum absolute atomic E-state index is 13.0. The fourth-order valence-corrected chi connectivity index (χ4v) is 4.10. The first-order valence-electron chi connectivity index (χ1n) is 11.0. The summed E-state index contributed by atoms with van der Waals surface area (Å²) in [4.78, 5) is 42.6. The van der Waals surface area contributed by atoms with Crippen molar-refractivity contribution in [3.63, 3.8) is 0 Å². The monoisotopic (exact) mass is 453 g/mol. The normalized spacial score (nSPS) is 17.7. The molecule has 8 heteroatoms. The Morgan fingerprint density at radius 3 is 2.44 bits per heavy atom. The lowest BCUT2D eigenvalue weighted by molar-refractivity contribution is -0.132. The van der Waals surface area contributed by atoms with E-state index in [1.165, 1.54) is 0 Å². The van der Waals surface area contributed by atoms with Crippen LogP contribution in [0, 0.1) is 0 Å². The molecule has 0 bridgehead atoms. The molecular formula is C26H23N5O3. The number of fused-ring (bicyclic) bond motifs is 1. The van der Waals surface area contributed by atoms with Crippen molar-refractivity contribution in [3.05, 3.63) is 96.3 Å². The Hall–Kier alpha value is -4.46. The lowest BCUT2D eigenvalue weighted by Gasteiger charge is -2.21. The zero-order valence-corrected chi connectivity index (χ0v) is 18.6. The van der Waals surface area contributed by atoms with E-state index >= 15 is 0 Å². The quantitative estimate of drug-likeness (QED) is 0.436. The number of imidazole rings is 1. The van der Waals surface area contributed by atoms with E-state index in [-0.39, 0.29) is 0 Å². The van der Waals surface area contributed by atoms with Crippen LogP contribution in [0.3, 0.4) is 0 Å². The zero-order chi connectivity index (χ0) is 23.7. The summed E-state index contributed by atoms with van der Waals surface area (Å²) in [7, 11) is 0. The topological polar surface area (TPSA) is 96.3 Å². The lowest BCUT2D eigenvalue weighted by atomic mass is 9.93. The molecule has 2 heterocycles. The van der Waals surface area contributed by atoms with Gasteiger partial charge in [-0.2, -0.15) is 5.01 Å². The molecule has 0 radical (unpaired) electrons. The van der Waals surface area contributed by atoms with Crippen molar-refractivity contribution in [1.82, 2.24) is 25.3 Å². The maximum atomic E-state index is 13.0. The molecule has 1 aliphatic rings. The SMILES string of the molecule is CC1(CCc2ccccc2)NC(=O)N(NC(=O)c2ccc(-n3cnc4ccccc43)cc2)C1=O. The molecule has 0 aliphatic carbocycles. The maximum Gasteiger partial charge on any atom is 0.344 e. The Morgan fingerprint density at radius 1 is 0.971 bits per heavy atom. The molecule has 5 rings (SSSR count). The van der Waals surface area contributed by atoms with Gasteiger partial charge in [-0.1, -0.05) is 42.5 Å². The fourth-order valence-electron chi connectivity index (χ4n) is 4.10. The van der Waals surface area contributed by atoms with Crippen LogP contribution < -0.4 is 10.7 Å². The number of hydrogen-bond acceptors (Lipinski definition) is 4. The minimum absolute atomic E-state index is 0.326. The number of benzene rings is 3. The minimum Gasteiger partial charge on any atom is -0.322 e. The largest absolute Gasteiger partial charge is 0.344 e. The second-order valence-corrected chi connectivity index (χ2v) is 8.48. The Balaban J connectivity index is 1.27. The van der Waals surface area contributed by atoms with Crippen LogP contribution in [0.2, 0.25) is 0 Å². The van der Waals surface area contributed by atoms with Crippen molar-refractivity contribution in [1.29, 1.82) is 0 Å². The van der Waals surface area contributed by atoms with Gasteiger partial charge in [0.05, 0.1) is 11.0 Å². The number of aryl methyl sites for hydroxylation is 1. The Morgan fingerprint density at radius 2 is 1.68 bits per heavy atom. The molecule has 1 saturated heterocycles. The molecular weight excluding hydrogens is 430 g/mol. The van der Waals surface area contributed by atoms with Crippen LogP contribution in [0.1, 0.15) is 29.3 Å². The molecule has 1 unspecified atom stereocenters. The summed E-state index contributed by atoms with van der Waals surface area (Å²) in [5.41, 5.74) is 5.42. The lowest BCUT2D eigenvalue weighted by Crippen LogP contribution is -2.48. The average molecular weight is 454 g/mol. The number of urea groups is 1. The highest BCUT2D eigenvalue weighted by Gasteiger charge is 2.48. The highest BCUT2D eigenvalue weighted by atomic mass is 16.2. The second-order valence-electron chi connectivity index (χ2n) is 8.48. The van der Waals surface area contributed by atoms with Gasteiger partial charge in [-0.25, -0.2) is 9.78 Å². The van der Waals surface area contributed by atoms with Gasteiger partial charge >= 0.3 is 6.03 Å². The summed E-state index contributed by atoms with van der Waals surface area (Å²) in [6.07, 6.45) is 2.76. The minimum atomic E-state index is -1.09. The Kier molecular flexibility index (Phi) is 5.33. The van der Waals surface area contributed by atoms with E-state index in [9.17, 15) is 14.4 Å². The number of imide groups is 1. The predicted octanol–water partition coefficient (Wildman–Crippen LogP) is 3.61. The van der Waals surface area contributed by atoms with Gasteiger partial charge in [0.2, 0.25) is 0 Å². The summed E-state index contributed by atoms with van der Waals surface area (Å²) in [5, 5.41) is 3.48. The van der Waals surface area contributed by atoms with Crippen molar-refractivity contribution in [2.45, 2.75) is 25.3 Å². The van der Waals surface area contributed by atoms with E-state index in [0.717, 1.165) is 27.3 Å². The number of para-hydroxylation sites is 2. The van der Waals surface area contributed by atoms with E-state index in [2.05, 4.69) is 15.7 Å². The van der Waals surface area contributed by atoms with Crippen LogP contribution in [-0.4, -0.2) is 37.9 Å². The van der Waals surface area contributed by atoms with E-state index in [0.29, 0.717) is 18.4 Å². The third-order valence-corrected chi connectivity index (χ3v) is 6.09. The molecule has 1 aliphatic heterocycles. The Labute approximate surface area is 196 Å². The second kappa shape index (κ2) is 8.47. The van der Waals surface area contributed by atoms with Crippen LogP contribution in [0.25, 0.3) is 16.7 Å². The number of nitrogens with zero attached hydrogens (tertiary/aromatic N) is 3. The van der Waals surface area contributed by atoms with Crippen molar-refractivity contribution >= 4 is 28.9 Å². The standard InChI is InChI=1S/C26H23N5O3/c1-26(16-15-18-7-3-2-4-8-18)24(33)31(25(34)28-26)29-23(32)19-11-13-20(14-12-19)30-17-27-21-9-5-6-10-22(21)30/h2-14,17H,15-16H2,1H3,(H,28,34)(H,29,32). The summed E-state index contributed by atoms with van der Waals surface area (Å²) < 4.78 is 1.92. The van der Waals surface area contributed by atoms with Gasteiger partial charge in [-0.05, 0) is 61.7 Å². The Bertz CT molecular complexity index is 1380. The van der Waals surface area contributed by atoms with Gasteiger partial charge in [0.25, 0.3) is 11.8 Å². The summed E-state index contributed by atoms with van der Waals surface area (Å²) in [6, 6.07) is 23.7. The summed E-state index contributed by atoms with van der Waals surface area (Å²) >= 11 is 0. The van der Waals surface area contributed by atoms with Gasteiger partial charge in [0.15, 0.2) is 0 Å². The zero-order valence-electron chi connectivity index (χ0n) is 18.6. The van der Waals surface area contributed by atoms with Crippen LogP contribution in [-0.2, 0) is 11.2 Å². The molecule has 4 aromatic rings. The van der Waals surface area contributed by atoms with E-state index in [1.807, 2.05) is 59.2 Å². The van der Waals surface area contributed by atoms with Crippen molar-refractivity contribution < 1.29 is 14.4 Å². The fraction of sp³-hybridized carbons (Fsp3) is 0.154. The molecule has 4 amide bonds. The summed E-state index contributed by atoms with van der Waals surface area (Å²) in [5.74, 6) is -1.03. The third-order valence-electron chi connectivity index (χ3n) is 6.09. The van der Waals surface area contributed by atoms with Gasteiger partial charge in [-0.15, -0.1) is 0 Å². The predicted molar refractivity (Wildman–Crippen MR) is 127 cm³/mol. The molecule has 8 nitrogen and oxygen atoms in total. The van der Waals surface area contributed by atoms with Crippen molar-refractivity contribution in [2.24, 2.45) is 0 Å². The molecule has 0 spiro atoms. The summed E-state index contributed by atoms with van der Waals surface area (Å²) in [6.45, 7) is 1.67. The number of amides is 4. The van der Waals surface area contributed by atoms with Crippen LogP contribution in [0.15, 0.2) is 85.2 Å². The molecule has 3 aromatic carbocycles. The highest BCUT2D eigenvalue weighted by molar-refractivity contribution is 6.09. The van der Waals surface area contributed by atoms with Gasteiger partial charge in [0.1, 0.15) is 11.9 Å². The number of carbonyl (C=O) groups excluding carboxylic acids is 3. The number of nitrogens with one attached hydrogen (secondary N) is 2. The number of aromatic nitrogens is 2. The van der Waals surface area contributed by atoms with Crippen LogP contribution >= 0.6 is 0 Å². The first-order chi connectivity index (χ1) is 16.4. The molecule has 170 valence electrons. The third kappa shape index (κ3) is 3.90. The highest BCUT2D eigenvalue weighted by Crippen LogP contribution is 2.23. The van der Waals surface area contributed by atoms with Gasteiger partial charge in [-0.3, -0.25) is 19.6 Å². The van der Waals surface area contributed by atoms with E-state index in [4.69, 9.17) is 0 Å². The molecule has 2 N–H and O–H groups in total. The van der Waals surface area contributed by atoms with E-state index < -0.39 is 23.4 Å². The van der Waals surface area contributed by atoms with Crippen molar-refractivity contribution in [2.75, 3.05) is 0 Å². The number of rotatable bonds is 6. The van der Waals surface area contributed by atoms with Crippen molar-refractivity contribution in [3.8, 4) is 5.69 Å². The van der Waals surface area contributed by atoms with Gasteiger partial charge in [0, 0.05) is 11.3 Å². The number of hydrogen-bond donors (Lipinski definition) is 2. The first kappa shape index (κ1) is 21.4. The molecule has 1 atom stereocenters. The van der Waals surface area contributed by atoms with E-state index in [1.54, 1.807) is 37.5 Å². The first-order valence-corrected chi connectivity index (χ1v) is 11.0. The average Bonchev–Trinajstić information content (AvgIpc) is 3.38. The molecule has 34 heavy (non-hydrogen) atoms. The molecule has 1 aromatic heterocycles. The number of hydrazine groups is 1. The molecule has 1 fully saturated rings. The van der Waals surface area contributed by atoms with Gasteiger partial charge < -0.3 is 5.32 Å². The van der Waals surface area contributed by atoms with Crippen LogP contribution in [0.5, 0.6) is 0 Å². The number of carbonyl (C=O) groups is 3. The smallest absolute Gasteiger partial charge is 0.322 e. The van der Waals surface area contributed by atoms with Crippen LogP contribution in [0.4, 0.5) is 4.79 Å².